The number of hydrogen-bond donors (Lipinski definition) is 2. The van der Waals surface area contributed by atoms with Gasteiger partial charge in [0.1, 0.15) is 11.2 Å². The van der Waals surface area contributed by atoms with Crippen molar-refractivity contribution in [3.63, 3.8) is 0 Å². The lowest BCUT2D eigenvalue weighted by molar-refractivity contribution is 0.0947. The second-order valence-corrected chi connectivity index (χ2v) is 9.90. The Bertz CT molecular complexity index is 1680. The molecule has 1 amide bonds. The monoisotopic (exact) mass is 542 g/mol. The number of carbonyl (C=O) groups is 1. The summed E-state index contributed by atoms with van der Waals surface area (Å²) in [7, 11) is 1.61. The lowest BCUT2D eigenvalue weighted by Gasteiger charge is -2.25. The van der Waals surface area contributed by atoms with Crippen LogP contribution in [0, 0.1) is 20.8 Å². The van der Waals surface area contributed by atoms with Crippen LogP contribution in [-0.4, -0.2) is 45.3 Å². The Hall–Kier alpha value is -4.60. The molecule has 10 heteroatoms. The van der Waals surface area contributed by atoms with Crippen LogP contribution in [0.4, 0.5) is 5.69 Å². The topological polar surface area (TPSA) is 116 Å². The number of nitrogens with zero attached hydrogens (tertiary/aromatic N) is 4. The van der Waals surface area contributed by atoms with E-state index in [0.29, 0.717) is 42.3 Å². The Balaban J connectivity index is 1.64. The largest absolute Gasteiger partial charge is 0.493 e. The molecule has 0 atom stereocenters. The molecule has 1 aliphatic heterocycles. The van der Waals surface area contributed by atoms with Gasteiger partial charge in [-0.2, -0.15) is 0 Å². The van der Waals surface area contributed by atoms with Gasteiger partial charge in [-0.1, -0.05) is 17.7 Å². The zero-order chi connectivity index (χ0) is 28.4. The van der Waals surface area contributed by atoms with Gasteiger partial charge in [-0.3, -0.25) is 13.9 Å². The van der Waals surface area contributed by atoms with Gasteiger partial charge in [0.15, 0.2) is 11.5 Å². The number of nitrogens with one attached hydrogen (secondary N) is 2. The number of benzene rings is 2. The predicted octanol–water partition coefficient (Wildman–Crippen LogP) is 3.59. The highest BCUT2D eigenvalue weighted by atomic mass is 16.5. The summed E-state index contributed by atoms with van der Waals surface area (Å²) in [5.41, 5.74) is 7.49. The second-order valence-electron chi connectivity index (χ2n) is 9.90. The minimum absolute atomic E-state index is 0.187. The maximum absolute atomic E-state index is 14.0. The Kier molecular flexibility index (Phi) is 7.59. The van der Waals surface area contributed by atoms with Gasteiger partial charge in [-0.05, 0) is 62.9 Å². The summed E-state index contributed by atoms with van der Waals surface area (Å²) < 4.78 is 14.8. The first kappa shape index (κ1) is 27.0. The lowest BCUT2D eigenvalue weighted by Crippen LogP contribution is -2.44. The smallest absolute Gasteiger partial charge is 0.330 e. The highest BCUT2D eigenvalue weighted by Crippen LogP contribution is 2.37. The van der Waals surface area contributed by atoms with Crippen molar-refractivity contribution in [2.24, 2.45) is 4.99 Å². The van der Waals surface area contributed by atoms with Crippen molar-refractivity contribution >= 4 is 11.6 Å². The van der Waals surface area contributed by atoms with Crippen molar-refractivity contribution in [2.75, 3.05) is 20.3 Å². The van der Waals surface area contributed by atoms with E-state index in [2.05, 4.69) is 34.3 Å². The average Bonchev–Trinajstić information content (AvgIpc) is 3.47. The Labute approximate surface area is 232 Å². The summed E-state index contributed by atoms with van der Waals surface area (Å²) in [4.78, 5) is 38.1. The number of carbonyl (C=O) groups excluding carboxylic acids is 1. The third-order valence-electron chi connectivity index (χ3n) is 7.09. The fourth-order valence-electron chi connectivity index (χ4n) is 5.29. The van der Waals surface area contributed by atoms with Crippen LogP contribution in [0.25, 0.3) is 11.3 Å². The van der Waals surface area contributed by atoms with E-state index in [1.54, 1.807) is 16.2 Å². The predicted molar refractivity (Wildman–Crippen MR) is 152 cm³/mol. The first-order valence-electron chi connectivity index (χ1n) is 13.4. The zero-order valence-corrected chi connectivity index (χ0v) is 23.5. The van der Waals surface area contributed by atoms with E-state index in [1.807, 2.05) is 39.0 Å². The number of rotatable bonds is 8. The van der Waals surface area contributed by atoms with Crippen molar-refractivity contribution < 1.29 is 14.3 Å². The van der Waals surface area contributed by atoms with Crippen molar-refractivity contribution in [3.05, 3.63) is 86.8 Å². The van der Waals surface area contributed by atoms with E-state index in [4.69, 9.17) is 14.5 Å². The van der Waals surface area contributed by atoms with Crippen LogP contribution >= 0.6 is 0 Å². The van der Waals surface area contributed by atoms with E-state index in [-0.39, 0.29) is 24.7 Å². The van der Waals surface area contributed by atoms with Crippen molar-refractivity contribution in [1.82, 2.24) is 24.4 Å². The Morgan fingerprint density at radius 2 is 1.90 bits per heavy atom. The molecule has 0 saturated carbocycles. The average molecular weight is 543 g/mol. The summed E-state index contributed by atoms with van der Waals surface area (Å²) in [5.74, 6) is 1.02. The van der Waals surface area contributed by atoms with E-state index in [1.165, 1.54) is 12.5 Å². The van der Waals surface area contributed by atoms with Gasteiger partial charge in [0.25, 0.3) is 5.91 Å². The Morgan fingerprint density at radius 3 is 2.58 bits per heavy atom. The lowest BCUT2D eigenvalue weighted by atomic mass is 9.97. The van der Waals surface area contributed by atoms with E-state index < -0.39 is 0 Å². The third kappa shape index (κ3) is 5.16. The number of aryl methyl sites for hydroxylation is 4. The van der Waals surface area contributed by atoms with Crippen LogP contribution in [-0.2, 0) is 19.5 Å². The van der Waals surface area contributed by atoms with E-state index in [0.717, 1.165) is 39.2 Å². The molecule has 3 heterocycles. The summed E-state index contributed by atoms with van der Waals surface area (Å²) >= 11 is 0. The zero-order valence-electron chi connectivity index (χ0n) is 23.5. The molecule has 0 fully saturated rings. The van der Waals surface area contributed by atoms with Gasteiger partial charge in [0.2, 0.25) is 0 Å². The number of aromatic nitrogens is 4. The van der Waals surface area contributed by atoms with Crippen LogP contribution in [0.5, 0.6) is 11.5 Å². The number of ether oxygens (including phenoxy) is 2. The Morgan fingerprint density at radius 1 is 1.12 bits per heavy atom. The molecular formula is C30H34N6O4. The number of amides is 1. The third-order valence-corrected chi connectivity index (χ3v) is 7.09. The summed E-state index contributed by atoms with van der Waals surface area (Å²) in [5, 5.41) is 2.86. The number of H-pyrrole nitrogens is 1. The van der Waals surface area contributed by atoms with Crippen molar-refractivity contribution in [2.45, 2.75) is 47.2 Å². The van der Waals surface area contributed by atoms with Gasteiger partial charge in [0, 0.05) is 31.3 Å². The first-order valence-corrected chi connectivity index (χ1v) is 13.4. The standard InChI is InChI=1S/C30H34N6O4/c1-6-40-26-13-21-7-9-35-24(22(21)14-25(26)39-5)15-27(34-28-19(3)11-18(2)12-20(28)4)36(30(35)38)10-8-32-29(37)23-16-31-17-33-23/h11-17H,6-10H2,1-5H3,(H,31,33)(H,32,37). The van der Waals surface area contributed by atoms with Crippen molar-refractivity contribution in [3.8, 4) is 22.8 Å². The summed E-state index contributed by atoms with van der Waals surface area (Å²) in [6.07, 6.45) is 3.59. The highest BCUT2D eigenvalue weighted by Gasteiger charge is 2.23. The molecule has 4 aromatic rings. The number of imidazole rings is 1. The number of aromatic amines is 1. The van der Waals surface area contributed by atoms with Crippen LogP contribution in [0.2, 0.25) is 0 Å². The molecule has 40 heavy (non-hydrogen) atoms. The van der Waals surface area contributed by atoms with Gasteiger partial charge >= 0.3 is 5.69 Å². The van der Waals surface area contributed by atoms with E-state index >= 15 is 0 Å². The molecule has 208 valence electrons. The normalized spacial score (nSPS) is 12.6. The number of fused-ring (bicyclic) bond motifs is 3. The summed E-state index contributed by atoms with van der Waals surface area (Å²) in [6.45, 7) is 9.58. The highest BCUT2D eigenvalue weighted by molar-refractivity contribution is 5.91. The molecular weight excluding hydrogens is 508 g/mol. The molecule has 0 unspecified atom stereocenters. The van der Waals surface area contributed by atoms with Crippen LogP contribution in [0.3, 0.4) is 0 Å². The fraction of sp³-hybridized carbons (Fsp3) is 0.333. The SMILES string of the molecule is CCOc1cc2c(cc1OC)-c1cc(=Nc3c(C)cc(C)cc3C)n(CCNC(=O)c3cnc[nH]3)c(=O)n1CC2. The second kappa shape index (κ2) is 11.3. The minimum atomic E-state index is -0.286. The fourth-order valence-corrected chi connectivity index (χ4v) is 5.29. The molecule has 0 bridgehead atoms. The molecule has 1 aliphatic rings. The minimum Gasteiger partial charge on any atom is -0.493 e. The van der Waals surface area contributed by atoms with Crippen LogP contribution < -0.4 is 26.0 Å². The molecule has 2 N–H and O–H groups in total. The van der Waals surface area contributed by atoms with Crippen LogP contribution in [0.15, 0.2) is 52.6 Å². The molecule has 0 aliphatic carbocycles. The molecule has 2 aromatic carbocycles. The van der Waals surface area contributed by atoms with Gasteiger partial charge in [-0.25, -0.2) is 14.8 Å². The van der Waals surface area contributed by atoms with Gasteiger partial charge in [0.05, 0.1) is 37.6 Å². The molecule has 0 saturated heterocycles. The van der Waals surface area contributed by atoms with Gasteiger partial charge < -0.3 is 19.8 Å². The number of hydrogen-bond acceptors (Lipinski definition) is 6. The first-order chi connectivity index (χ1) is 19.3. The van der Waals surface area contributed by atoms with Crippen molar-refractivity contribution in [1.29, 1.82) is 0 Å². The maximum Gasteiger partial charge on any atom is 0.330 e. The number of methoxy groups -OCH3 is 1. The quantitative estimate of drug-likeness (QED) is 0.353. The van der Waals surface area contributed by atoms with E-state index in [9.17, 15) is 9.59 Å². The molecule has 2 aromatic heterocycles. The maximum atomic E-state index is 14.0. The molecule has 5 rings (SSSR count). The summed E-state index contributed by atoms with van der Waals surface area (Å²) in [6, 6.07) is 10.1. The molecule has 0 spiro atoms. The van der Waals surface area contributed by atoms with Gasteiger partial charge in [-0.15, -0.1) is 0 Å². The molecule has 0 radical (unpaired) electrons. The molecule has 10 nitrogen and oxygen atoms in total. The van der Waals surface area contributed by atoms with Crippen LogP contribution in [0.1, 0.15) is 39.7 Å².